The van der Waals surface area contributed by atoms with Gasteiger partial charge in [0.15, 0.2) is 0 Å². The first-order valence-corrected chi connectivity index (χ1v) is 9.75. The minimum atomic E-state index is -0.332. The smallest absolute Gasteiger partial charge is 0.268 e. The summed E-state index contributed by atoms with van der Waals surface area (Å²) in [5, 5.41) is 18.6. The van der Waals surface area contributed by atoms with Gasteiger partial charge in [-0.1, -0.05) is 23.7 Å². The maximum Gasteiger partial charge on any atom is 0.268 e. The van der Waals surface area contributed by atoms with Gasteiger partial charge in [0.2, 0.25) is 0 Å². The predicted molar refractivity (Wildman–Crippen MR) is 98.0 cm³/mol. The van der Waals surface area contributed by atoms with E-state index in [9.17, 15) is 9.59 Å². The van der Waals surface area contributed by atoms with Crippen LogP contribution >= 0.6 is 35.1 Å². The van der Waals surface area contributed by atoms with Crippen molar-refractivity contribution in [3.8, 4) is 0 Å². The van der Waals surface area contributed by atoms with Crippen LogP contribution in [0.3, 0.4) is 0 Å². The normalized spacial score (nSPS) is 14.9. The first-order valence-electron chi connectivity index (χ1n) is 7.40. The first-order chi connectivity index (χ1) is 11.6. The minimum absolute atomic E-state index is 0.0733. The van der Waals surface area contributed by atoms with Crippen molar-refractivity contribution in [3.63, 3.8) is 0 Å². The van der Waals surface area contributed by atoms with E-state index in [1.54, 1.807) is 6.07 Å². The lowest BCUT2D eigenvalue weighted by atomic mass is 10.1. The Balaban J connectivity index is 2.09. The maximum atomic E-state index is 12.5. The lowest BCUT2D eigenvalue weighted by Gasteiger charge is -2.15. The Hall–Kier alpha value is -0.990. The van der Waals surface area contributed by atoms with Crippen LogP contribution in [0.4, 0.5) is 0 Å². The lowest BCUT2D eigenvalue weighted by molar-refractivity contribution is -0.136. The van der Waals surface area contributed by atoms with Gasteiger partial charge in [-0.05, 0) is 24.1 Å². The van der Waals surface area contributed by atoms with Crippen LogP contribution in [0.25, 0.3) is 0 Å². The number of rotatable bonds is 9. The second-order valence-electron chi connectivity index (χ2n) is 4.94. The highest BCUT2D eigenvalue weighted by atomic mass is 35.5. The third-order valence-electron chi connectivity index (χ3n) is 3.27. The lowest BCUT2D eigenvalue weighted by Crippen LogP contribution is -2.33. The minimum Gasteiger partial charge on any atom is -0.396 e. The van der Waals surface area contributed by atoms with Crippen LogP contribution in [0, 0.1) is 0 Å². The number of aliphatic hydroxyl groups is 2. The van der Waals surface area contributed by atoms with E-state index >= 15 is 0 Å². The summed E-state index contributed by atoms with van der Waals surface area (Å²) in [5.41, 5.74) is 0.948. The summed E-state index contributed by atoms with van der Waals surface area (Å²) < 4.78 is 0. The number of imide groups is 1. The number of benzene rings is 1. The van der Waals surface area contributed by atoms with Crippen LogP contribution in [-0.4, -0.2) is 58.2 Å². The molecule has 5 nitrogen and oxygen atoms in total. The monoisotopic (exact) mass is 387 g/mol. The summed E-state index contributed by atoms with van der Waals surface area (Å²) in [4.78, 5) is 27.0. The van der Waals surface area contributed by atoms with Gasteiger partial charge in [0.1, 0.15) is 0 Å². The third-order valence-corrected chi connectivity index (χ3v) is 5.75. The summed E-state index contributed by atoms with van der Waals surface area (Å²) in [6, 6.07) is 7.30. The van der Waals surface area contributed by atoms with Crippen LogP contribution in [0.15, 0.2) is 34.1 Å². The molecule has 24 heavy (non-hydrogen) atoms. The average molecular weight is 388 g/mol. The van der Waals surface area contributed by atoms with Gasteiger partial charge in [-0.2, -0.15) is 0 Å². The van der Waals surface area contributed by atoms with Crippen LogP contribution in [0.1, 0.15) is 5.56 Å². The molecule has 2 rings (SSSR count). The Morgan fingerprint density at radius 3 is 2.08 bits per heavy atom. The topological polar surface area (TPSA) is 77.8 Å². The van der Waals surface area contributed by atoms with Gasteiger partial charge in [0.25, 0.3) is 11.8 Å². The molecule has 1 aromatic carbocycles. The number of hydrogen-bond acceptors (Lipinski definition) is 6. The van der Waals surface area contributed by atoms with Crippen LogP contribution in [0.5, 0.6) is 0 Å². The molecular formula is C16H18ClNO4S2. The number of aliphatic hydroxyl groups excluding tert-OH is 2. The molecule has 1 aliphatic heterocycles. The average Bonchev–Trinajstić information content (AvgIpc) is 2.79. The molecule has 0 saturated carbocycles. The van der Waals surface area contributed by atoms with Crippen molar-refractivity contribution in [2.24, 2.45) is 0 Å². The van der Waals surface area contributed by atoms with Gasteiger partial charge in [-0.15, -0.1) is 23.5 Å². The molecule has 1 aromatic rings. The highest BCUT2D eigenvalue weighted by Crippen LogP contribution is 2.36. The highest BCUT2D eigenvalue weighted by molar-refractivity contribution is 8.08. The predicted octanol–water partition coefficient (Wildman–Crippen LogP) is 1.91. The van der Waals surface area contributed by atoms with Crippen LogP contribution in [0.2, 0.25) is 5.02 Å². The third kappa shape index (κ3) is 4.77. The fourth-order valence-electron chi connectivity index (χ4n) is 2.22. The summed E-state index contributed by atoms with van der Waals surface area (Å²) >= 11 is 8.30. The molecule has 0 fully saturated rings. The van der Waals surface area contributed by atoms with Gasteiger partial charge < -0.3 is 10.2 Å². The maximum absolute atomic E-state index is 12.5. The summed E-state index contributed by atoms with van der Waals surface area (Å²) in [5.74, 6) is 0.0288. The van der Waals surface area contributed by atoms with Gasteiger partial charge >= 0.3 is 0 Å². The highest BCUT2D eigenvalue weighted by Gasteiger charge is 2.38. The number of halogens is 1. The van der Waals surface area contributed by atoms with E-state index in [2.05, 4.69) is 0 Å². The molecule has 1 heterocycles. The van der Waals surface area contributed by atoms with Crippen LogP contribution < -0.4 is 0 Å². The summed E-state index contributed by atoms with van der Waals surface area (Å²) in [7, 11) is 0. The number of carbonyl (C=O) groups is 2. The summed E-state index contributed by atoms with van der Waals surface area (Å²) in [6.07, 6.45) is 0.522. The van der Waals surface area contributed by atoms with E-state index in [1.807, 2.05) is 18.2 Å². The van der Waals surface area contributed by atoms with Gasteiger partial charge in [-0.25, -0.2) is 0 Å². The zero-order valence-corrected chi connectivity index (χ0v) is 15.3. The SMILES string of the molecule is O=C1C(SCCO)=C(SCCO)C(=O)N1CCc1cccc(Cl)c1. The standard InChI is InChI=1S/C16H18ClNO4S2/c17-12-3-1-2-11(10-12)4-5-18-15(21)13(23-8-6-19)14(16(18)22)24-9-7-20/h1-3,10,19-20H,4-9H2. The van der Waals surface area contributed by atoms with Crippen molar-refractivity contribution in [1.29, 1.82) is 0 Å². The van der Waals surface area contributed by atoms with Crippen molar-refractivity contribution in [1.82, 2.24) is 4.90 Å². The zero-order valence-electron chi connectivity index (χ0n) is 12.9. The number of hydrogen-bond donors (Lipinski definition) is 2. The molecular weight excluding hydrogens is 370 g/mol. The van der Waals surface area contributed by atoms with Crippen molar-refractivity contribution < 1.29 is 19.8 Å². The second-order valence-corrected chi connectivity index (χ2v) is 7.59. The molecule has 0 aliphatic carbocycles. The number of amides is 2. The van der Waals surface area contributed by atoms with E-state index in [0.717, 1.165) is 5.56 Å². The van der Waals surface area contributed by atoms with Gasteiger partial charge in [0, 0.05) is 23.1 Å². The van der Waals surface area contributed by atoms with E-state index in [-0.39, 0.29) is 31.6 Å². The van der Waals surface area contributed by atoms with E-state index in [1.165, 1.54) is 28.4 Å². The van der Waals surface area contributed by atoms with Gasteiger partial charge in [-0.3, -0.25) is 14.5 Å². The summed E-state index contributed by atoms with van der Waals surface area (Å²) in [6.45, 7) is 0.122. The fourth-order valence-corrected chi connectivity index (χ4v) is 4.28. The van der Waals surface area contributed by atoms with Crippen molar-refractivity contribution in [2.45, 2.75) is 6.42 Å². The Kier molecular flexibility index (Phi) is 7.64. The molecule has 0 radical (unpaired) electrons. The Morgan fingerprint density at radius 1 is 1.00 bits per heavy atom. The van der Waals surface area contributed by atoms with E-state index < -0.39 is 0 Å². The van der Waals surface area contributed by atoms with Gasteiger partial charge in [0.05, 0.1) is 23.0 Å². The Labute approximate surface area is 154 Å². The molecule has 1 aliphatic rings. The molecule has 0 atom stereocenters. The Morgan fingerprint density at radius 2 is 1.58 bits per heavy atom. The van der Waals surface area contributed by atoms with Crippen molar-refractivity contribution in [3.05, 3.63) is 44.7 Å². The van der Waals surface area contributed by atoms with Crippen LogP contribution in [-0.2, 0) is 16.0 Å². The Bertz CT molecular complexity index is 621. The quantitative estimate of drug-likeness (QED) is 0.630. The molecule has 0 bridgehead atoms. The molecule has 0 unspecified atom stereocenters. The molecule has 8 heteroatoms. The zero-order chi connectivity index (χ0) is 17.5. The number of thioether (sulfide) groups is 2. The first kappa shape index (κ1) is 19.3. The molecule has 0 saturated heterocycles. The molecule has 130 valence electrons. The fraction of sp³-hybridized carbons (Fsp3) is 0.375. The number of carbonyl (C=O) groups excluding carboxylic acids is 2. The second kappa shape index (κ2) is 9.48. The molecule has 2 amide bonds. The number of nitrogens with zero attached hydrogens (tertiary/aromatic N) is 1. The van der Waals surface area contributed by atoms with Crippen molar-refractivity contribution >= 4 is 46.9 Å². The van der Waals surface area contributed by atoms with E-state index in [4.69, 9.17) is 21.8 Å². The molecule has 0 aromatic heterocycles. The van der Waals surface area contributed by atoms with E-state index in [0.29, 0.717) is 32.8 Å². The largest absolute Gasteiger partial charge is 0.396 e. The molecule has 2 N–H and O–H groups in total. The van der Waals surface area contributed by atoms with Crippen molar-refractivity contribution in [2.75, 3.05) is 31.3 Å². The molecule has 0 spiro atoms.